The fourth-order valence-corrected chi connectivity index (χ4v) is 4.05. The maximum atomic E-state index is 5.93. The van der Waals surface area contributed by atoms with Crippen molar-refractivity contribution in [2.45, 2.75) is 37.9 Å². The number of fused-ring (bicyclic) bond motifs is 2. The molecule has 108 valence electrons. The Kier molecular flexibility index (Phi) is 3.30. The molecule has 0 aromatic carbocycles. The van der Waals surface area contributed by atoms with Crippen molar-refractivity contribution in [3.8, 4) is 0 Å². The molecule has 0 aromatic heterocycles. The first-order valence-corrected chi connectivity index (χ1v) is 7.73. The van der Waals surface area contributed by atoms with Gasteiger partial charge in [0, 0.05) is 0 Å². The van der Waals surface area contributed by atoms with Gasteiger partial charge in [-0.1, -0.05) is 0 Å². The predicted molar refractivity (Wildman–Crippen MR) is 69.0 cm³/mol. The van der Waals surface area contributed by atoms with Gasteiger partial charge in [0.25, 0.3) is 0 Å². The second kappa shape index (κ2) is 4.99. The van der Waals surface area contributed by atoms with Crippen LogP contribution in [0.2, 0.25) is 0 Å². The molecule has 0 radical (unpaired) electrons. The second-order valence-electron chi connectivity index (χ2n) is 6.87. The van der Waals surface area contributed by atoms with Gasteiger partial charge in [-0.25, -0.2) is 0 Å². The molecule has 4 fully saturated rings. The van der Waals surface area contributed by atoms with Gasteiger partial charge in [-0.3, -0.25) is 0 Å². The van der Waals surface area contributed by atoms with Crippen LogP contribution in [-0.2, 0) is 18.9 Å². The maximum absolute atomic E-state index is 5.93. The molecule has 2 aliphatic carbocycles. The Balaban J connectivity index is 1.27. The minimum absolute atomic E-state index is 0.386. The van der Waals surface area contributed by atoms with Crippen molar-refractivity contribution in [3.63, 3.8) is 0 Å². The van der Waals surface area contributed by atoms with Crippen LogP contribution in [0, 0.1) is 17.3 Å². The molecule has 0 spiro atoms. The smallest absolute Gasteiger partial charge is 0.104 e. The zero-order chi connectivity index (χ0) is 12.7. The van der Waals surface area contributed by atoms with Crippen molar-refractivity contribution >= 4 is 0 Å². The third kappa shape index (κ3) is 2.82. The van der Waals surface area contributed by atoms with Gasteiger partial charge < -0.3 is 18.9 Å². The Morgan fingerprint density at radius 1 is 1.00 bits per heavy atom. The zero-order valence-electron chi connectivity index (χ0n) is 11.5. The summed E-state index contributed by atoms with van der Waals surface area (Å²) in [5, 5.41) is 0. The summed E-state index contributed by atoms with van der Waals surface area (Å²) in [5.41, 5.74) is 0.407. The molecular weight excluding hydrogens is 244 g/mol. The van der Waals surface area contributed by atoms with Crippen molar-refractivity contribution < 1.29 is 18.9 Å². The van der Waals surface area contributed by atoms with Gasteiger partial charge in [-0.15, -0.1) is 0 Å². The van der Waals surface area contributed by atoms with Crippen LogP contribution in [-0.4, -0.2) is 51.8 Å². The van der Waals surface area contributed by atoms with Crippen molar-refractivity contribution in [2.24, 2.45) is 17.3 Å². The lowest BCUT2D eigenvalue weighted by molar-refractivity contribution is -0.0220. The quantitative estimate of drug-likeness (QED) is 0.628. The molecule has 4 rings (SSSR count). The fourth-order valence-electron chi connectivity index (χ4n) is 4.05. The molecule has 4 nitrogen and oxygen atoms in total. The number of rotatable bonds is 8. The molecule has 2 saturated heterocycles. The average Bonchev–Trinajstić information content (AvgIpc) is 3.31. The van der Waals surface area contributed by atoms with Crippen molar-refractivity contribution in [1.29, 1.82) is 0 Å². The molecule has 5 atom stereocenters. The van der Waals surface area contributed by atoms with Crippen LogP contribution in [0.25, 0.3) is 0 Å². The average molecular weight is 268 g/mol. The fraction of sp³-hybridized carbons (Fsp3) is 1.00. The van der Waals surface area contributed by atoms with Crippen LogP contribution in [0.5, 0.6) is 0 Å². The van der Waals surface area contributed by atoms with E-state index in [0.717, 1.165) is 45.6 Å². The Morgan fingerprint density at radius 2 is 1.74 bits per heavy atom. The third-order valence-electron chi connectivity index (χ3n) is 5.35. The first-order chi connectivity index (χ1) is 9.34. The lowest BCUT2D eigenvalue weighted by atomic mass is 9.76. The van der Waals surface area contributed by atoms with Crippen LogP contribution in [0.1, 0.15) is 25.7 Å². The Bertz CT molecular complexity index is 326. The van der Waals surface area contributed by atoms with Crippen LogP contribution >= 0.6 is 0 Å². The van der Waals surface area contributed by atoms with Gasteiger partial charge in [0.2, 0.25) is 0 Å². The highest BCUT2D eigenvalue weighted by Gasteiger charge is 2.52. The summed E-state index contributed by atoms with van der Waals surface area (Å²) < 4.78 is 22.2. The van der Waals surface area contributed by atoms with Gasteiger partial charge in [-0.05, 0) is 42.9 Å². The summed E-state index contributed by atoms with van der Waals surface area (Å²) in [5.74, 6) is 1.62. The van der Waals surface area contributed by atoms with Gasteiger partial charge >= 0.3 is 0 Å². The van der Waals surface area contributed by atoms with E-state index in [4.69, 9.17) is 18.9 Å². The lowest BCUT2D eigenvalue weighted by Crippen LogP contribution is -2.34. The summed E-state index contributed by atoms with van der Waals surface area (Å²) in [6.07, 6.45) is 6.19. The highest BCUT2D eigenvalue weighted by atomic mass is 16.6. The predicted octanol–water partition coefficient (Wildman–Crippen LogP) is 1.62. The monoisotopic (exact) mass is 268 g/mol. The molecule has 0 amide bonds. The van der Waals surface area contributed by atoms with Crippen LogP contribution in [0.3, 0.4) is 0 Å². The van der Waals surface area contributed by atoms with E-state index in [2.05, 4.69) is 0 Å². The molecule has 2 saturated carbocycles. The number of hydrogen-bond donors (Lipinski definition) is 0. The summed E-state index contributed by atoms with van der Waals surface area (Å²) in [6, 6.07) is 0. The van der Waals surface area contributed by atoms with E-state index < -0.39 is 0 Å². The molecule has 2 bridgehead atoms. The van der Waals surface area contributed by atoms with E-state index in [9.17, 15) is 0 Å². The van der Waals surface area contributed by atoms with Gasteiger partial charge in [0.15, 0.2) is 0 Å². The van der Waals surface area contributed by atoms with E-state index in [1.54, 1.807) is 0 Å². The first-order valence-electron chi connectivity index (χ1n) is 7.73. The normalized spacial score (nSPS) is 46.7. The molecule has 2 heterocycles. The lowest BCUT2D eigenvalue weighted by Gasteiger charge is -2.34. The van der Waals surface area contributed by atoms with Crippen molar-refractivity contribution in [2.75, 3.05) is 39.6 Å². The molecule has 4 heteroatoms. The van der Waals surface area contributed by atoms with Crippen LogP contribution in [0.4, 0.5) is 0 Å². The zero-order valence-corrected chi connectivity index (χ0v) is 11.5. The van der Waals surface area contributed by atoms with E-state index in [1.165, 1.54) is 25.7 Å². The highest BCUT2D eigenvalue weighted by Crippen LogP contribution is 2.57. The van der Waals surface area contributed by atoms with E-state index in [1.807, 2.05) is 0 Å². The molecule has 5 unspecified atom stereocenters. The number of epoxide rings is 2. The topological polar surface area (TPSA) is 43.5 Å². The van der Waals surface area contributed by atoms with Crippen LogP contribution in [0.15, 0.2) is 0 Å². The third-order valence-corrected chi connectivity index (χ3v) is 5.35. The molecular formula is C15H24O4. The van der Waals surface area contributed by atoms with E-state index >= 15 is 0 Å². The molecule has 0 aromatic rings. The summed E-state index contributed by atoms with van der Waals surface area (Å²) in [7, 11) is 0. The SMILES string of the molecule is C1CC2(COCC3CO3)CC1CC2COCC1CO1. The molecule has 0 N–H and O–H groups in total. The summed E-state index contributed by atoms with van der Waals surface area (Å²) >= 11 is 0. The van der Waals surface area contributed by atoms with Gasteiger partial charge in [0.05, 0.1) is 39.6 Å². The molecule has 19 heavy (non-hydrogen) atoms. The number of ether oxygens (including phenoxy) is 4. The largest absolute Gasteiger partial charge is 0.378 e. The van der Waals surface area contributed by atoms with Gasteiger partial charge in [0.1, 0.15) is 12.2 Å². The van der Waals surface area contributed by atoms with E-state index in [0.29, 0.717) is 23.5 Å². The first kappa shape index (κ1) is 12.6. The molecule has 4 aliphatic rings. The Morgan fingerprint density at radius 3 is 2.42 bits per heavy atom. The highest BCUT2D eigenvalue weighted by molar-refractivity contribution is 5.01. The molecule has 2 aliphatic heterocycles. The minimum atomic E-state index is 0.386. The van der Waals surface area contributed by atoms with Crippen LogP contribution < -0.4 is 0 Å². The van der Waals surface area contributed by atoms with Crippen molar-refractivity contribution in [3.05, 3.63) is 0 Å². The van der Waals surface area contributed by atoms with Crippen molar-refractivity contribution in [1.82, 2.24) is 0 Å². The van der Waals surface area contributed by atoms with E-state index in [-0.39, 0.29) is 0 Å². The Hall–Kier alpha value is -0.160. The minimum Gasteiger partial charge on any atom is -0.378 e. The summed E-state index contributed by atoms with van der Waals surface area (Å²) in [6.45, 7) is 5.17. The maximum Gasteiger partial charge on any atom is 0.104 e. The van der Waals surface area contributed by atoms with Gasteiger partial charge in [-0.2, -0.15) is 0 Å². The number of hydrogen-bond acceptors (Lipinski definition) is 4. The Labute approximate surface area is 114 Å². The standard InChI is InChI=1S/C15H24O4/c1-2-15(10-17-7-14-9-19-14)4-11(1)3-12(15)5-16-6-13-8-18-13/h11-14H,1-10H2. The second-order valence-corrected chi connectivity index (χ2v) is 6.87. The summed E-state index contributed by atoms with van der Waals surface area (Å²) in [4.78, 5) is 0.